The number of ether oxygens (including phenoxy) is 1. The largest absolute Gasteiger partial charge is 0.450 e. The van der Waals surface area contributed by atoms with Crippen LogP contribution in [0.1, 0.15) is 31.6 Å². The van der Waals surface area contributed by atoms with Crippen molar-refractivity contribution in [3.05, 3.63) is 22.4 Å². The number of carbonyl (C=O) groups excluding carboxylic acids is 1. The number of amides is 1. The molecule has 0 radical (unpaired) electrons. The van der Waals surface area contributed by atoms with Gasteiger partial charge in [-0.2, -0.15) is 0 Å². The number of carbonyl (C=O) groups is 1. The molecule has 21 heavy (non-hydrogen) atoms. The molecule has 6 heteroatoms. The molecule has 2 rings (SSSR count). The van der Waals surface area contributed by atoms with Crippen LogP contribution < -0.4 is 5.32 Å². The van der Waals surface area contributed by atoms with Gasteiger partial charge in [-0.1, -0.05) is 6.07 Å². The van der Waals surface area contributed by atoms with Crippen molar-refractivity contribution in [2.45, 2.75) is 38.3 Å². The van der Waals surface area contributed by atoms with Gasteiger partial charge in [0.1, 0.15) is 5.60 Å². The predicted octanol–water partition coefficient (Wildman–Crippen LogP) is 2.17. The van der Waals surface area contributed by atoms with Crippen LogP contribution in [0.5, 0.6) is 0 Å². The molecule has 0 unspecified atom stereocenters. The Morgan fingerprint density at radius 1 is 1.57 bits per heavy atom. The molecule has 2 heterocycles. The summed E-state index contributed by atoms with van der Waals surface area (Å²) in [5.41, 5.74) is -0.841. The van der Waals surface area contributed by atoms with Crippen molar-refractivity contribution in [3.63, 3.8) is 0 Å². The van der Waals surface area contributed by atoms with Crippen molar-refractivity contribution in [3.8, 4) is 0 Å². The standard InChI is InChI=1S/C15H24N2O3S/c1-3-20-14(18)17-8-6-12(7-9-17)16-11-15(2,19)13-5-4-10-21-13/h4-5,10,12,16,19H,3,6-9,11H2,1-2H3/t15-/m1/s1. The van der Waals surface area contributed by atoms with E-state index in [1.54, 1.807) is 16.2 Å². The number of thiophene rings is 1. The van der Waals surface area contributed by atoms with E-state index in [2.05, 4.69) is 5.32 Å². The van der Waals surface area contributed by atoms with Gasteiger partial charge in [-0.05, 0) is 38.1 Å². The summed E-state index contributed by atoms with van der Waals surface area (Å²) in [4.78, 5) is 14.3. The van der Waals surface area contributed by atoms with Crippen molar-refractivity contribution in [2.75, 3.05) is 26.2 Å². The van der Waals surface area contributed by atoms with E-state index in [1.165, 1.54) is 0 Å². The molecule has 2 N–H and O–H groups in total. The van der Waals surface area contributed by atoms with Gasteiger partial charge in [-0.15, -0.1) is 11.3 Å². The van der Waals surface area contributed by atoms with Crippen molar-refractivity contribution in [1.82, 2.24) is 10.2 Å². The Balaban J connectivity index is 1.75. The van der Waals surface area contributed by atoms with E-state index in [0.717, 1.165) is 17.7 Å². The first-order chi connectivity index (χ1) is 10.0. The highest BCUT2D eigenvalue weighted by Crippen LogP contribution is 2.25. The molecule has 118 valence electrons. The summed E-state index contributed by atoms with van der Waals surface area (Å²) in [5, 5.41) is 15.9. The lowest BCUT2D eigenvalue weighted by Gasteiger charge is -2.33. The van der Waals surface area contributed by atoms with Crippen molar-refractivity contribution in [2.24, 2.45) is 0 Å². The molecule has 0 saturated carbocycles. The topological polar surface area (TPSA) is 61.8 Å². The number of rotatable bonds is 5. The lowest BCUT2D eigenvalue weighted by molar-refractivity contribution is 0.0520. The SMILES string of the molecule is CCOC(=O)N1CCC(NC[C@@](C)(O)c2cccs2)CC1. The van der Waals surface area contributed by atoms with Crippen LogP contribution >= 0.6 is 11.3 Å². The lowest BCUT2D eigenvalue weighted by Crippen LogP contribution is -2.48. The maximum absolute atomic E-state index is 11.6. The van der Waals surface area contributed by atoms with Crippen LogP contribution in [0.4, 0.5) is 4.79 Å². The minimum atomic E-state index is -0.841. The molecular formula is C15H24N2O3S. The third kappa shape index (κ3) is 4.43. The molecule has 1 aliphatic rings. The Kier molecular flexibility index (Phi) is 5.61. The van der Waals surface area contributed by atoms with E-state index in [-0.39, 0.29) is 6.09 Å². The second kappa shape index (κ2) is 7.24. The summed E-state index contributed by atoms with van der Waals surface area (Å²) in [6.07, 6.45) is 1.56. The third-order valence-corrected chi connectivity index (χ3v) is 4.93. The number of likely N-dealkylation sites (tertiary alicyclic amines) is 1. The second-order valence-corrected chi connectivity index (χ2v) is 6.54. The maximum Gasteiger partial charge on any atom is 0.409 e. The van der Waals surface area contributed by atoms with Gasteiger partial charge in [0.2, 0.25) is 0 Å². The normalized spacial score (nSPS) is 19.3. The molecule has 1 aromatic rings. The van der Waals surface area contributed by atoms with Crippen LogP contribution in [-0.4, -0.2) is 48.4 Å². The highest BCUT2D eigenvalue weighted by molar-refractivity contribution is 7.10. The Morgan fingerprint density at radius 2 is 2.29 bits per heavy atom. The highest BCUT2D eigenvalue weighted by atomic mass is 32.1. The molecule has 1 amide bonds. The number of piperidine rings is 1. The average Bonchev–Trinajstić information content (AvgIpc) is 3.01. The van der Waals surface area contributed by atoms with E-state index in [4.69, 9.17) is 4.74 Å². The quantitative estimate of drug-likeness (QED) is 0.875. The highest BCUT2D eigenvalue weighted by Gasteiger charge is 2.28. The Hall–Kier alpha value is -1.11. The van der Waals surface area contributed by atoms with Crippen molar-refractivity contribution < 1.29 is 14.6 Å². The number of aliphatic hydroxyl groups is 1. The van der Waals surface area contributed by atoms with E-state index in [0.29, 0.717) is 32.3 Å². The van der Waals surface area contributed by atoms with Crippen LogP contribution in [-0.2, 0) is 10.3 Å². The molecule has 1 fully saturated rings. The number of nitrogens with one attached hydrogen (secondary N) is 1. The van der Waals surface area contributed by atoms with Gasteiger partial charge < -0.3 is 20.1 Å². The fourth-order valence-electron chi connectivity index (χ4n) is 2.50. The molecule has 1 saturated heterocycles. The fraction of sp³-hybridized carbons (Fsp3) is 0.667. The van der Waals surface area contributed by atoms with Gasteiger partial charge in [0.25, 0.3) is 0 Å². The number of hydrogen-bond acceptors (Lipinski definition) is 5. The molecular weight excluding hydrogens is 288 g/mol. The first-order valence-corrected chi connectivity index (χ1v) is 8.32. The third-order valence-electron chi connectivity index (χ3n) is 3.81. The first-order valence-electron chi connectivity index (χ1n) is 7.44. The predicted molar refractivity (Wildman–Crippen MR) is 83.5 cm³/mol. The molecule has 5 nitrogen and oxygen atoms in total. The monoisotopic (exact) mass is 312 g/mol. The van der Waals surface area contributed by atoms with Gasteiger partial charge in [0, 0.05) is 30.6 Å². The van der Waals surface area contributed by atoms with Crippen molar-refractivity contribution in [1.29, 1.82) is 0 Å². The molecule has 1 aromatic heterocycles. The Morgan fingerprint density at radius 3 is 2.86 bits per heavy atom. The molecule has 0 spiro atoms. The Bertz CT molecular complexity index is 440. The van der Waals surface area contributed by atoms with Gasteiger partial charge >= 0.3 is 6.09 Å². The van der Waals surface area contributed by atoms with Crippen molar-refractivity contribution >= 4 is 17.4 Å². The minimum absolute atomic E-state index is 0.221. The summed E-state index contributed by atoms with van der Waals surface area (Å²) >= 11 is 1.57. The summed E-state index contributed by atoms with van der Waals surface area (Å²) in [5.74, 6) is 0. The van der Waals surface area contributed by atoms with Crippen LogP contribution in [0.25, 0.3) is 0 Å². The smallest absolute Gasteiger partial charge is 0.409 e. The van der Waals surface area contributed by atoms with Gasteiger partial charge in [-0.3, -0.25) is 0 Å². The molecule has 0 aliphatic carbocycles. The summed E-state index contributed by atoms with van der Waals surface area (Å²) in [6, 6.07) is 4.24. The molecule has 0 bridgehead atoms. The molecule has 1 atom stereocenters. The maximum atomic E-state index is 11.6. The van der Waals surface area contributed by atoms with E-state index < -0.39 is 5.60 Å². The molecule has 1 aliphatic heterocycles. The van der Waals surface area contributed by atoms with Crippen LogP contribution in [0, 0.1) is 0 Å². The van der Waals surface area contributed by atoms with Gasteiger partial charge in [-0.25, -0.2) is 4.79 Å². The number of nitrogens with zero attached hydrogens (tertiary/aromatic N) is 1. The number of hydrogen-bond donors (Lipinski definition) is 2. The minimum Gasteiger partial charge on any atom is -0.450 e. The van der Waals surface area contributed by atoms with E-state index >= 15 is 0 Å². The van der Waals surface area contributed by atoms with Gasteiger partial charge in [0.15, 0.2) is 0 Å². The zero-order chi connectivity index (χ0) is 15.3. The van der Waals surface area contributed by atoms with E-state index in [9.17, 15) is 9.90 Å². The summed E-state index contributed by atoms with van der Waals surface area (Å²) in [7, 11) is 0. The van der Waals surface area contributed by atoms with Gasteiger partial charge in [0.05, 0.1) is 6.61 Å². The first kappa shape index (κ1) is 16.3. The summed E-state index contributed by atoms with van der Waals surface area (Å²) in [6.45, 7) is 6.01. The summed E-state index contributed by atoms with van der Waals surface area (Å²) < 4.78 is 5.01. The van der Waals surface area contributed by atoms with Crippen LogP contribution in [0.3, 0.4) is 0 Å². The lowest BCUT2D eigenvalue weighted by atomic mass is 10.0. The van der Waals surface area contributed by atoms with E-state index in [1.807, 2.05) is 31.4 Å². The van der Waals surface area contributed by atoms with Crippen LogP contribution in [0.15, 0.2) is 17.5 Å². The second-order valence-electron chi connectivity index (χ2n) is 5.59. The Labute approximate surface area is 129 Å². The fourth-order valence-corrected chi connectivity index (χ4v) is 3.28. The molecule has 0 aromatic carbocycles. The average molecular weight is 312 g/mol. The van der Waals surface area contributed by atoms with Crippen LogP contribution in [0.2, 0.25) is 0 Å². The zero-order valence-electron chi connectivity index (χ0n) is 12.7. The zero-order valence-corrected chi connectivity index (χ0v) is 13.5.